The standard InChI is InChI=1S/C19H18ClNO4.ClH/c20-17-7-6-13(16(11-21)10-18(22)23)9-14(17)5-4-12-2-1-3-15(8-12)19(24)25;/h1-9,16H,10-11,21H2,(H,22,23)(H,24,25);1H/b5-4+;/t16-;/m0./s1. The van der Waals surface area contributed by atoms with Gasteiger partial charge >= 0.3 is 11.9 Å². The predicted octanol–water partition coefficient (Wildman–Crippen LogP) is 4.15. The molecule has 5 nitrogen and oxygen atoms in total. The van der Waals surface area contributed by atoms with Crippen molar-refractivity contribution in [3.63, 3.8) is 0 Å². The molecule has 0 aliphatic heterocycles. The van der Waals surface area contributed by atoms with Gasteiger partial charge in [0.25, 0.3) is 0 Å². The Kier molecular flexibility index (Phi) is 8.32. The highest BCUT2D eigenvalue weighted by molar-refractivity contribution is 6.32. The van der Waals surface area contributed by atoms with Crippen molar-refractivity contribution >= 4 is 48.1 Å². The van der Waals surface area contributed by atoms with Crippen LogP contribution in [-0.2, 0) is 4.79 Å². The van der Waals surface area contributed by atoms with Crippen molar-refractivity contribution in [2.75, 3.05) is 6.54 Å². The molecule has 0 bridgehead atoms. The molecule has 138 valence electrons. The summed E-state index contributed by atoms with van der Waals surface area (Å²) in [5, 5.41) is 18.5. The van der Waals surface area contributed by atoms with Crippen molar-refractivity contribution in [2.45, 2.75) is 12.3 Å². The van der Waals surface area contributed by atoms with E-state index in [0.717, 1.165) is 11.1 Å². The van der Waals surface area contributed by atoms with E-state index < -0.39 is 11.9 Å². The Morgan fingerprint density at radius 1 is 1.12 bits per heavy atom. The van der Waals surface area contributed by atoms with E-state index in [2.05, 4.69) is 0 Å². The van der Waals surface area contributed by atoms with Gasteiger partial charge < -0.3 is 15.9 Å². The Labute approximate surface area is 162 Å². The number of aromatic carboxylic acids is 1. The Hall–Kier alpha value is -2.34. The zero-order valence-electron chi connectivity index (χ0n) is 13.8. The SMILES string of the molecule is Cl.NC[C@H](CC(=O)O)c1ccc(Cl)c(/C=C/c2cccc(C(=O)O)c2)c1. The van der Waals surface area contributed by atoms with Crippen molar-refractivity contribution in [3.8, 4) is 0 Å². The average Bonchev–Trinajstić information content (AvgIpc) is 2.59. The van der Waals surface area contributed by atoms with Gasteiger partial charge in [-0.2, -0.15) is 0 Å². The molecule has 2 aromatic rings. The zero-order chi connectivity index (χ0) is 18.4. The highest BCUT2D eigenvalue weighted by Gasteiger charge is 2.15. The first-order valence-corrected chi connectivity index (χ1v) is 8.01. The van der Waals surface area contributed by atoms with E-state index in [9.17, 15) is 9.59 Å². The van der Waals surface area contributed by atoms with Crippen LogP contribution in [0, 0.1) is 0 Å². The summed E-state index contributed by atoms with van der Waals surface area (Å²) < 4.78 is 0. The average molecular weight is 396 g/mol. The summed E-state index contributed by atoms with van der Waals surface area (Å²) in [5.74, 6) is -2.19. The van der Waals surface area contributed by atoms with Crippen molar-refractivity contribution in [1.82, 2.24) is 0 Å². The number of hydrogen-bond donors (Lipinski definition) is 3. The van der Waals surface area contributed by atoms with Crippen LogP contribution in [0.3, 0.4) is 0 Å². The van der Waals surface area contributed by atoms with Crippen molar-refractivity contribution in [3.05, 3.63) is 69.7 Å². The minimum atomic E-state index is -0.991. The van der Waals surface area contributed by atoms with Crippen LogP contribution < -0.4 is 5.73 Å². The minimum absolute atomic E-state index is 0. The maximum absolute atomic E-state index is 11.0. The second-order valence-corrected chi connectivity index (χ2v) is 5.98. The molecule has 0 unspecified atom stereocenters. The van der Waals surface area contributed by atoms with Gasteiger partial charge in [-0.15, -0.1) is 12.4 Å². The molecule has 7 heteroatoms. The number of benzene rings is 2. The van der Waals surface area contributed by atoms with E-state index in [1.165, 1.54) is 6.07 Å². The fourth-order valence-corrected chi connectivity index (χ4v) is 2.63. The second kappa shape index (κ2) is 9.97. The maximum Gasteiger partial charge on any atom is 0.335 e. The molecule has 26 heavy (non-hydrogen) atoms. The topological polar surface area (TPSA) is 101 Å². The van der Waals surface area contributed by atoms with Gasteiger partial charge in [0.05, 0.1) is 12.0 Å². The van der Waals surface area contributed by atoms with Gasteiger partial charge in [-0.1, -0.05) is 42.0 Å². The first kappa shape index (κ1) is 21.7. The van der Waals surface area contributed by atoms with Crippen molar-refractivity contribution in [2.24, 2.45) is 5.73 Å². The van der Waals surface area contributed by atoms with Crippen LogP contribution in [-0.4, -0.2) is 28.7 Å². The van der Waals surface area contributed by atoms with Gasteiger partial charge in [0.2, 0.25) is 0 Å². The summed E-state index contributed by atoms with van der Waals surface area (Å²) in [5.41, 5.74) is 8.12. The van der Waals surface area contributed by atoms with E-state index in [0.29, 0.717) is 10.6 Å². The molecule has 0 radical (unpaired) electrons. The minimum Gasteiger partial charge on any atom is -0.481 e. The molecule has 0 saturated carbocycles. The lowest BCUT2D eigenvalue weighted by Crippen LogP contribution is -2.16. The van der Waals surface area contributed by atoms with Gasteiger partial charge in [0.1, 0.15) is 0 Å². The van der Waals surface area contributed by atoms with Crippen LogP contribution in [0.4, 0.5) is 0 Å². The fraction of sp³-hybridized carbons (Fsp3) is 0.158. The lowest BCUT2D eigenvalue weighted by molar-refractivity contribution is -0.137. The van der Waals surface area contributed by atoms with Crippen LogP contribution in [0.15, 0.2) is 42.5 Å². The Morgan fingerprint density at radius 2 is 1.85 bits per heavy atom. The highest BCUT2D eigenvalue weighted by atomic mass is 35.5. The Balaban J connectivity index is 0.00000338. The van der Waals surface area contributed by atoms with Crippen LogP contribution in [0.5, 0.6) is 0 Å². The number of carbonyl (C=O) groups is 2. The normalized spacial score (nSPS) is 11.8. The summed E-state index contributed by atoms with van der Waals surface area (Å²) in [7, 11) is 0. The number of carboxylic acids is 2. The molecule has 0 aliphatic rings. The van der Waals surface area contributed by atoms with E-state index in [-0.39, 0.29) is 36.9 Å². The molecule has 4 N–H and O–H groups in total. The summed E-state index contributed by atoms with van der Waals surface area (Å²) in [4.78, 5) is 22.0. The van der Waals surface area contributed by atoms with Crippen LogP contribution >= 0.6 is 24.0 Å². The molecule has 0 fully saturated rings. The number of carboxylic acid groups (broad SMARTS) is 2. The number of aliphatic carboxylic acids is 1. The van der Waals surface area contributed by atoms with E-state index >= 15 is 0 Å². The van der Waals surface area contributed by atoms with E-state index in [4.69, 9.17) is 27.5 Å². The van der Waals surface area contributed by atoms with Gasteiger partial charge in [-0.3, -0.25) is 4.79 Å². The van der Waals surface area contributed by atoms with E-state index in [1.807, 2.05) is 0 Å². The van der Waals surface area contributed by atoms with Gasteiger partial charge in [0.15, 0.2) is 0 Å². The van der Waals surface area contributed by atoms with Crippen LogP contribution in [0.2, 0.25) is 5.02 Å². The molecule has 0 amide bonds. The first-order valence-electron chi connectivity index (χ1n) is 7.63. The number of hydrogen-bond acceptors (Lipinski definition) is 3. The molecular weight excluding hydrogens is 377 g/mol. The summed E-state index contributed by atoms with van der Waals surface area (Å²) in [6.07, 6.45) is 3.47. The first-order chi connectivity index (χ1) is 11.9. The zero-order valence-corrected chi connectivity index (χ0v) is 15.3. The molecule has 1 atom stereocenters. The fourth-order valence-electron chi connectivity index (χ4n) is 2.45. The third-order valence-corrected chi connectivity index (χ3v) is 4.13. The number of halogens is 2. The lowest BCUT2D eigenvalue weighted by atomic mass is 9.94. The molecular formula is C19H19Cl2NO4. The van der Waals surface area contributed by atoms with Crippen LogP contribution in [0.1, 0.15) is 39.4 Å². The van der Waals surface area contributed by atoms with Gasteiger partial charge in [-0.25, -0.2) is 4.79 Å². The number of nitrogens with two attached hydrogens (primary N) is 1. The maximum atomic E-state index is 11.0. The monoisotopic (exact) mass is 395 g/mol. The molecule has 2 aromatic carbocycles. The quantitative estimate of drug-likeness (QED) is 0.611. The highest BCUT2D eigenvalue weighted by Crippen LogP contribution is 2.26. The van der Waals surface area contributed by atoms with Crippen molar-refractivity contribution in [1.29, 1.82) is 0 Å². The van der Waals surface area contributed by atoms with Crippen molar-refractivity contribution < 1.29 is 19.8 Å². The third-order valence-electron chi connectivity index (χ3n) is 3.79. The largest absolute Gasteiger partial charge is 0.481 e. The smallest absolute Gasteiger partial charge is 0.335 e. The van der Waals surface area contributed by atoms with Gasteiger partial charge in [-0.05, 0) is 47.5 Å². The summed E-state index contributed by atoms with van der Waals surface area (Å²) >= 11 is 6.20. The predicted molar refractivity (Wildman–Crippen MR) is 105 cm³/mol. The molecule has 2 rings (SSSR count). The molecule has 0 aromatic heterocycles. The van der Waals surface area contributed by atoms with Gasteiger partial charge in [0, 0.05) is 10.9 Å². The van der Waals surface area contributed by atoms with E-state index in [1.54, 1.807) is 48.6 Å². The Bertz CT molecular complexity index is 821. The third kappa shape index (κ3) is 5.88. The Morgan fingerprint density at radius 3 is 2.46 bits per heavy atom. The summed E-state index contributed by atoms with van der Waals surface area (Å²) in [6, 6.07) is 11.8. The molecule has 0 saturated heterocycles. The second-order valence-electron chi connectivity index (χ2n) is 5.58. The molecule has 0 heterocycles. The summed E-state index contributed by atoms with van der Waals surface area (Å²) in [6.45, 7) is 0.220. The molecule has 0 aliphatic carbocycles. The molecule has 0 spiro atoms. The lowest BCUT2D eigenvalue weighted by Gasteiger charge is -2.14. The number of rotatable bonds is 7. The van der Waals surface area contributed by atoms with Crippen LogP contribution in [0.25, 0.3) is 12.2 Å².